The van der Waals surface area contributed by atoms with Crippen LogP contribution in [0.5, 0.6) is 0 Å². The van der Waals surface area contributed by atoms with Crippen LogP contribution in [0.3, 0.4) is 0 Å². The van der Waals surface area contributed by atoms with Gasteiger partial charge in [-0.1, -0.05) is 6.07 Å². The average molecular weight is 487 g/mol. The second-order valence-electron chi connectivity index (χ2n) is 9.49. The molecule has 5 rings (SSSR count). The standard InChI is InChI=1S/C25H30N10O/c1-25(14-21-30-32-33-31-21,24(36)35-11-3-4-12-35)17-7-10-20-19(13-17)29-22(34(20)2)15-28-18-8-5-16(6-9-18)23(26)27/h5-10,13,28H,3-4,11-12,14-15H2,1-2H3,(H3,26,27)(H,30,31,32,33). The minimum absolute atomic E-state index is 0.0440. The molecule has 186 valence electrons. The zero-order chi connectivity index (χ0) is 25.3. The Balaban J connectivity index is 1.43. The molecule has 2 aromatic carbocycles. The van der Waals surface area contributed by atoms with E-state index >= 15 is 0 Å². The summed E-state index contributed by atoms with van der Waals surface area (Å²) in [4.78, 5) is 20.5. The van der Waals surface area contributed by atoms with Gasteiger partial charge in [-0.15, -0.1) is 5.10 Å². The molecular formula is C25H30N10O. The summed E-state index contributed by atoms with van der Waals surface area (Å²) in [7, 11) is 1.99. The molecule has 1 aliphatic heterocycles. The number of amidine groups is 1. The first-order chi connectivity index (χ1) is 17.3. The van der Waals surface area contributed by atoms with Crippen LogP contribution in [0.4, 0.5) is 5.69 Å². The summed E-state index contributed by atoms with van der Waals surface area (Å²) in [6.07, 6.45) is 2.43. The molecule has 11 nitrogen and oxygen atoms in total. The molecule has 0 saturated carbocycles. The lowest BCUT2D eigenvalue weighted by atomic mass is 9.77. The minimum atomic E-state index is -0.825. The third kappa shape index (κ3) is 4.39. The van der Waals surface area contributed by atoms with Crippen LogP contribution < -0.4 is 11.1 Å². The van der Waals surface area contributed by atoms with Crippen molar-refractivity contribution in [1.29, 1.82) is 5.41 Å². The maximum Gasteiger partial charge on any atom is 0.233 e. The number of H-pyrrole nitrogens is 1. The SMILES string of the molecule is Cn1c(CNc2ccc(C(=N)N)cc2)nc2cc(C(C)(Cc3nnn[nH]3)C(=O)N3CCCC3)ccc21. The number of amides is 1. The molecule has 0 aliphatic carbocycles. The predicted molar refractivity (Wildman–Crippen MR) is 137 cm³/mol. The quantitative estimate of drug-likeness (QED) is 0.220. The Hall–Kier alpha value is -4.28. The highest BCUT2D eigenvalue weighted by Gasteiger charge is 2.40. The fraction of sp³-hybridized carbons (Fsp3) is 0.360. The van der Waals surface area contributed by atoms with Gasteiger partial charge in [-0.05, 0) is 72.2 Å². The lowest BCUT2D eigenvalue weighted by Crippen LogP contribution is -2.45. The number of carbonyl (C=O) groups excluding carboxylic acids is 1. The number of likely N-dealkylation sites (tertiary alicyclic amines) is 1. The highest BCUT2D eigenvalue weighted by Crippen LogP contribution is 2.33. The number of aryl methyl sites for hydroxylation is 1. The summed E-state index contributed by atoms with van der Waals surface area (Å²) < 4.78 is 2.05. The van der Waals surface area contributed by atoms with Gasteiger partial charge in [0.25, 0.3) is 0 Å². The van der Waals surface area contributed by atoms with Gasteiger partial charge < -0.3 is 20.5 Å². The highest BCUT2D eigenvalue weighted by molar-refractivity contribution is 5.95. The molecule has 0 spiro atoms. The average Bonchev–Trinajstić information content (AvgIpc) is 3.65. The molecule has 5 N–H and O–H groups in total. The van der Waals surface area contributed by atoms with Crippen molar-refractivity contribution in [2.45, 2.75) is 38.1 Å². The van der Waals surface area contributed by atoms with E-state index in [1.54, 1.807) is 0 Å². The number of tetrazole rings is 1. The van der Waals surface area contributed by atoms with Crippen LogP contribution in [0.25, 0.3) is 11.0 Å². The minimum Gasteiger partial charge on any atom is -0.384 e. The van der Waals surface area contributed by atoms with E-state index in [2.05, 4.69) is 30.5 Å². The Kier molecular flexibility index (Phi) is 6.13. The van der Waals surface area contributed by atoms with Gasteiger partial charge in [-0.25, -0.2) is 10.1 Å². The summed E-state index contributed by atoms with van der Waals surface area (Å²) in [5.41, 5.74) is 9.02. The Bertz CT molecular complexity index is 1390. The number of imidazole rings is 1. The monoisotopic (exact) mass is 486 g/mol. The number of anilines is 1. The van der Waals surface area contributed by atoms with Crippen molar-refractivity contribution in [1.82, 2.24) is 35.1 Å². The maximum absolute atomic E-state index is 13.7. The van der Waals surface area contributed by atoms with Gasteiger partial charge in [0.1, 0.15) is 17.5 Å². The summed E-state index contributed by atoms with van der Waals surface area (Å²) in [6, 6.07) is 13.5. The van der Waals surface area contributed by atoms with Gasteiger partial charge in [-0.3, -0.25) is 10.2 Å². The smallest absolute Gasteiger partial charge is 0.233 e. The second-order valence-corrected chi connectivity index (χ2v) is 9.49. The number of rotatable bonds is 8. The molecule has 0 radical (unpaired) electrons. The lowest BCUT2D eigenvalue weighted by Gasteiger charge is -2.32. The Morgan fingerprint density at radius 3 is 2.61 bits per heavy atom. The van der Waals surface area contributed by atoms with Crippen LogP contribution in [-0.2, 0) is 30.2 Å². The molecule has 1 amide bonds. The molecule has 3 heterocycles. The summed E-state index contributed by atoms with van der Waals surface area (Å²) in [5.74, 6) is 1.57. The third-order valence-electron chi connectivity index (χ3n) is 7.03. The zero-order valence-corrected chi connectivity index (χ0v) is 20.5. The Morgan fingerprint density at radius 2 is 1.94 bits per heavy atom. The second kappa shape index (κ2) is 9.40. The molecule has 1 fully saturated rings. The first-order valence-electron chi connectivity index (χ1n) is 12.0. The number of hydrogen-bond donors (Lipinski definition) is 4. The maximum atomic E-state index is 13.7. The topological polar surface area (TPSA) is 154 Å². The summed E-state index contributed by atoms with van der Waals surface area (Å²) in [6.45, 7) is 4.04. The van der Waals surface area contributed by atoms with Crippen molar-refractivity contribution in [3.63, 3.8) is 0 Å². The molecule has 4 aromatic rings. The van der Waals surface area contributed by atoms with Crippen molar-refractivity contribution >= 4 is 28.5 Å². The number of fused-ring (bicyclic) bond motifs is 1. The van der Waals surface area contributed by atoms with Gasteiger partial charge in [0.15, 0.2) is 0 Å². The normalized spacial score (nSPS) is 15.2. The molecule has 1 aliphatic rings. The van der Waals surface area contributed by atoms with Crippen molar-refractivity contribution in [3.8, 4) is 0 Å². The lowest BCUT2D eigenvalue weighted by molar-refractivity contribution is -0.135. The number of benzene rings is 2. The van der Waals surface area contributed by atoms with E-state index in [1.807, 2.05) is 61.3 Å². The van der Waals surface area contributed by atoms with Crippen molar-refractivity contribution < 1.29 is 4.79 Å². The largest absolute Gasteiger partial charge is 0.384 e. The molecular weight excluding hydrogens is 456 g/mol. The number of nitrogens with one attached hydrogen (secondary N) is 3. The number of aromatic nitrogens is 6. The Morgan fingerprint density at radius 1 is 1.19 bits per heavy atom. The van der Waals surface area contributed by atoms with Gasteiger partial charge in [-0.2, -0.15) is 0 Å². The van der Waals surface area contributed by atoms with E-state index in [9.17, 15) is 4.79 Å². The molecule has 0 bridgehead atoms. The number of nitrogens with two attached hydrogens (primary N) is 1. The third-order valence-corrected chi connectivity index (χ3v) is 7.03. The van der Waals surface area contributed by atoms with Crippen LogP contribution in [0.15, 0.2) is 42.5 Å². The van der Waals surface area contributed by atoms with Crippen molar-refractivity contribution in [2.24, 2.45) is 12.8 Å². The number of nitrogen functional groups attached to an aromatic ring is 1. The molecule has 1 unspecified atom stereocenters. The molecule has 2 aromatic heterocycles. The van der Waals surface area contributed by atoms with Gasteiger partial charge in [0, 0.05) is 37.8 Å². The fourth-order valence-corrected chi connectivity index (χ4v) is 4.86. The fourth-order valence-electron chi connectivity index (χ4n) is 4.86. The summed E-state index contributed by atoms with van der Waals surface area (Å²) >= 11 is 0. The number of aromatic amines is 1. The van der Waals surface area contributed by atoms with E-state index in [0.29, 0.717) is 24.4 Å². The van der Waals surface area contributed by atoms with Crippen molar-refractivity contribution in [2.75, 3.05) is 18.4 Å². The highest BCUT2D eigenvalue weighted by atomic mass is 16.2. The van der Waals surface area contributed by atoms with Crippen LogP contribution >= 0.6 is 0 Å². The number of nitrogens with zero attached hydrogens (tertiary/aromatic N) is 6. The molecule has 1 saturated heterocycles. The first-order valence-corrected chi connectivity index (χ1v) is 12.0. The van der Waals surface area contributed by atoms with Gasteiger partial charge >= 0.3 is 0 Å². The van der Waals surface area contributed by atoms with Crippen molar-refractivity contribution in [3.05, 3.63) is 65.2 Å². The van der Waals surface area contributed by atoms with E-state index in [4.69, 9.17) is 16.1 Å². The number of carbonyl (C=O) groups is 1. The van der Waals surface area contributed by atoms with Gasteiger partial charge in [0.05, 0.1) is 23.0 Å². The molecule has 36 heavy (non-hydrogen) atoms. The van der Waals surface area contributed by atoms with Crippen LogP contribution in [0.2, 0.25) is 0 Å². The predicted octanol–water partition coefficient (Wildman–Crippen LogP) is 2.11. The Labute approximate surface area is 208 Å². The number of hydrogen-bond acceptors (Lipinski definition) is 7. The van der Waals surface area contributed by atoms with Crippen LogP contribution in [-0.4, -0.2) is 59.9 Å². The van der Waals surface area contributed by atoms with E-state index in [-0.39, 0.29) is 11.7 Å². The van der Waals surface area contributed by atoms with Gasteiger partial charge in [0.2, 0.25) is 5.91 Å². The van der Waals surface area contributed by atoms with E-state index in [1.165, 1.54) is 0 Å². The van der Waals surface area contributed by atoms with E-state index < -0.39 is 5.41 Å². The van der Waals surface area contributed by atoms with Crippen LogP contribution in [0.1, 0.15) is 42.5 Å². The van der Waals surface area contributed by atoms with Crippen LogP contribution in [0, 0.1) is 5.41 Å². The summed E-state index contributed by atoms with van der Waals surface area (Å²) in [5, 5.41) is 25.2. The first kappa shape index (κ1) is 23.5. The van der Waals surface area contributed by atoms with E-state index in [0.717, 1.165) is 54.0 Å². The zero-order valence-electron chi connectivity index (χ0n) is 20.5. The molecule has 11 heteroatoms. The molecule has 1 atom stereocenters.